The average Bonchev–Trinajstić information content (AvgIpc) is 2.61. The summed E-state index contributed by atoms with van der Waals surface area (Å²) in [5, 5.41) is 0. The van der Waals surface area contributed by atoms with Crippen LogP contribution in [0.4, 0.5) is 0 Å². The summed E-state index contributed by atoms with van der Waals surface area (Å²) in [6.07, 6.45) is 4.38. The fraction of sp³-hybridized carbons (Fsp3) is 0.364. The Bertz CT molecular complexity index is 694. The molecule has 0 unspecified atom stereocenters. The predicted octanol–water partition coefficient (Wildman–Crippen LogP) is 5.21. The van der Waals surface area contributed by atoms with Crippen molar-refractivity contribution in [2.45, 2.75) is 27.7 Å². The average molecular weight is 322 g/mol. The van der Waals surface area contributed by atoms with E-state index in [-0.39, 0.29) is 0 Å². The minimum absolute atomic E-state index is 0.566. The molecule has 24 heavy (non-hydrogen) atoms. The first-order valence-electron chi connectivity index (χ1n) is 8.58. The topological polar surface area (TPSA) is 6.48 Å². The molecular weight excluding hydrogens is 292 g/mol. The molecule has 0 radical (unpaired) electrons. The van der Waals surface area contributed by atoms with Gasteiger partial charge in [0.25, 0.3) is 0 Å². The molecule has 1 aromatic carbocycles. The van der Waals surface area contributed by atoms with Crippen molar-refractivity contribution in [3.63, 3.8) is 0 Å². The lowest BCUT2D eigenvalue weighted by molar-refractivity contribution is 0.342. The third kappa shape index (κ3) is 4.19. The zero-order chi connectivity index (χ0) is 17.9. The molecule has 1 fully saturated rings. The highest BCUT2D eigenvalue weighted by Gasteiger charge is 2.23. The number of rotatable bonds is 3. The maximum Gasteiger partial charge on any atom is 0.0598 e. The van der Waals surface area contributed by atoms with Gasteiger partial charge in [-0.15, -0.1) is 0 Å². The highest BCUT2D eigenvalue weighted by molar-refractivity contribution is 5.66. The Kier molecular flexibility index (Phi) is 5.71. The summed E-state index contributed by atoms with van der Waals surface area (Å²) < 4.78 is 0. The second kappa shape index (κ2) is 7.57. The molecule has 0 amide bonds. The van der Waals surface area contributed by atoms with Crippen molar-refractivity contribution in [3.8, 4) is 0 Å². The van der Waals surface area contributed by atoms with E-state index < -0.39 is 0 Å². The third-order valence-corrected chi connectivity index (χ3v) is 4.54. The van der Waals surface area contributed by atoms with Crippen molar-refractivity contribution in [3.05, 3.63) is 77.8 Å². The van der Waals surface area contributed by atoms with Crippen LogP contribution >= 0.6 is 0 Å². The summed E-state index contributed by atoms with van der Waals surface area (Å²) in [7, 11) is 2.14. The number of allylic oxidation sites excluding steroid dienone is 4. The van der Waals surface area contributed by atoms with Gasteiger partial charge in [0.2, 0.25) is 0 Å². The van der Waals surface area contributed by atoms with Crippen LogP contribution in [0.3, 0.4) is 0 Å². The molecule has 0 saturated carbocycles. The van der Waals surface area contributed by atoms with Gasteiger partial charge < -0.3 is 9.80 Å². The second-order valence-electron chi connectivity index (χ2n) is 7.05. The molecule has 1 heterocycles. The Hall–Kier alpha value is -2.22. The van der Waals surface area contributed by atoms with Crippen LogP contribution in [0.5, 0.6) is 0 Å². The largest absolute Gasteiger partial charge is 0.373 e. The van der Waals surface area contributed by atoms with E-state index in [0.29, 0.717) is 5.92 Å². The fourth-order valence-electron chi connectivity index (χ4n) is 3.20. The number of nitrogens with zero attached hydrogens (tertiary/aromatic N) is 2. The summed E-state index contributed by atoms with van der Waals surface area (Å²) >= 11 is 0. The summed E-state index contributed by atoms with van der Waals surface area (Å²) in [5.74, 6) is 0.566. The number of hydrogen-bond donors (Lipinski definition) is 0. The number of aryl methyl sites for hydroxylation is 1. The van der Waals surface area contributed by atoms with Gasteiger partial charge in [-0.2, -0.15) is 0 Å². The van der Waals surface area contributed by atoms with Gasteiger partial charge in [-0.05, 0) is 43.9 Å². The van der Waals surface area contributed by atoms with Crippen LogP contribution in [-0.2, 0) is 0 Å². The Morgan fingerprint density at radius 2 is 1.96 bits per heavy atom. The quantitative estimate of drug-likeness (QED) is 0.753. The Morgan fingerprint density at radius 3 is 2.58 bits per heavy atom. The van der Waals surface area contributed by atoms with E-state index in [1.807, 2.05) is 0 Å². The minimum Gasteiger partial charge on any atom is -0.373 e. The van der Waals surface area contributed by atoms with Crippen LogP contribution in [0, 0.1) is 12.8 Å². The van der Waals surface area contributed by atoms with Gasteiger partial charge in [-0.3, -0.25) is 0 Å². The number of benzene rings is 1. The predicted molar refractivity (Wildman–Crippen MR) is 105 cm³/mol. The Labute approximate surface area is 147 Å². The molecule has 0 spiro atoms. The van der Waals surface area contributed by atoms with Crippen LogP contribution in [0.15, 0.2) is 66.7 Å². The summed E-state index contributed by atoms with van der Waals surface area (Å²) in [4.78, 5) is 4.53. The summed E-state index contributed by atoms with van der Waals surface area (Å²) in [6.45, 7) is 19.1. The molecule has 2 nitrogen and oxygen atoms in total. The van der Waals surface area contributed by atoms with Gasteiger partial charge in [0.1, 0.15) is 0 Å². The Balaban J connectivity index is 2.35. The third-order valence-electron chi connectivity index (χ3n) is 4.54. The van der Waals surface area contributed by atoms with Crippen molar-refractivity contribution in [1.82, 2.24) is 9.80 Å². The molecule has 1 atom stereocenters. The van der Waals surface area contributed by atoms with Crippen LogP contribution in [0.1, 0.15) is 31.9 Å². The lowest BCUT2D eigenvalue weighted by Crippen LogP contribution is -2.24. The van der Waals surface area contributed by atoms with E-state index in [1.54, 1.807) is 0 Å². The fourth-order valence-corrected chi connectivity index (χ4v) is 3.20. The van der Waals surface area contributed by atoms with Gasteiger partial charge in [-0.25, -0.2) is 0 Å². The van der Waals surface area contributed by atoms with Crippen molar-refractivity contribution < 1.29 is 0 Å². The zero-order valence-corrected chi connectivity index (χ0v) is 15.8. The van der Waals surface area contributed by atoms with Crippen LogP contribution in [-0.4, -0.2) is 29.9 Å². The van der Waals surface area contributed by atoms with E-state index >= 15 is 0 Å². The first-order valence-corrected chi connectivity index (χ1v) is 8.58. The molecule has 1 aliphatic rings. The lowest BCUT2D eigenvalue weighted by Gasteiger charge is -2.27. The van der Waals surface area contributed by atoms with Gasteiger partial charge in [0, 0.05) is 25.8 Å². The van der Waals surface area contributed by atoms with Crippen LogP contribution in [0.2, 0.25) is 0 Å². The molecule has 1 aliphatic heterocycles. The molecule has 0 aliphatic carbocycles. The van der Waals surface area contributed by atoms with Crippen molar-refractivity contribution in [2.75, 3.05) is 20.1 Å². The first kappa shape index (κ1) is 18.1. The maximum absolute atomic E-state index is 4.33. The van der Waals surface area contributed by atoms with Crippen LogP contribution in [0.25, 0.3) is 5.57 Å². The van der Waals surface area contributed by atoms with E-state index in [2.05, 4.69) is 94.1 Å². The molecule has 128 valence electrons. The molecule has 2 rings (SSSR count). The molecule has 1 aromatic rings. The zero-order valence-electron chi connectivity index (χ0n) is 15.8. The van der Waals surface area contributed by atoms with Crippen molar-refractivity contribution >= 4 is 5.57 Å². The van der Waals surface area contributed by atoms with Gasteiger partial charge in [0.15, 0.2) is 0 Å². The van der Waals surface area contributed by atoms with Gasteiger partial charge >= 0.3 is 0 Å². The molecule has 1 saturated heterocycles. The van der Waals surface area contributed by atoms with Crippen LogP contribution < -0.4 is 0 Å². The lowest BCUT2D eigenvalue weighted by atomic mass is 10.0. The van der Waals surface area contributed by atoms with Crippen molar-refractivity contribution in [2.24, 2.45) is 5.92 Å². The second-order valence-corrected chi connectivity index (χ2v) is 7.05. The van der Waals surface area contributed by atoms with Gasteiger partial charge in [-0.1, -0.05) is 56.0 Å². The maximum atomic E-state index is 4.33. The van der Waals surface area contributed by atoms with E-state index in [9.17, 15) is 0 Å². The van der Waals surface area contributed by atoms with Crippen molar-refractivity contribution in [1.29, 1.82) is 0 Å². The molecule has 0 aromatic heterocycles. The summed E-state index contributed by atoms with van der Waals surface area (Å²) in [6, 6.07) is 8.61. The minimum atomic E-state index is 0.566. The SMILES string of the molecule is C=C(C)N1C[C@H](C)CN(C)/C(=C/C=C(\C)c2cccc(C)c2)C1=C. The van der Waals surface area contributed by atoms with Gasteiger partial charge in [0.05, 0.1) is 11.4 Å². The van der Waals surface area contributed by atoms with E-state index in [4.69, 9.17) is 0 Å². The highest BCUT2D eigenvalue weighted by Crippen LogP contribution is 2.27. The standard InChI is InChI=1S/C22H30N2/c1-16(2)24-15-18(4)14-23(7)22(20(24)6)12-11-19(5)21-10-8-9-17(3)13-21/h8-13,18H,1,6,14-15H2,2-5,7H3/b19-11+,22-12+/t18-/m1/s1. The normalized spacial score (nSPS) is 21.2. The smallest absolute Gasteiger partial charge is 0.0598 e. The molecule has 2 heteroatoms. The van der Waals surface area contributed by atoms with E-state index in [1.165, 1.54) is 16.7 Å². The highest BCUT2D eigenvalue weighted by atomic mass is 15.2. The number of hydrogen-bond acceptors (Lipinski definition) is 2. The van der Waals surface area contributed by atoms with E-state index in [0.717, 1.165) is 30.2 Å². The number of likely N-dealkylation sites (N-methyl/N-ethyl adjacent to an activating group) is 1. The summed E-state index contributed by atoms with van der Waals surface area (Å²) in [5.41, 5.74) is 7.04. The Morgan fingerprint density at radius 1 is 1.25 bits per heavy atom. The molecular formula is C22H30N2. The molecule has 0 bridgehead atoms. The monoisotopic (exact) mass is 322 g/mol. The molecule has 0 N–H and O–H groups in total. The first-order chi connectivity index (χ1) is 11.3.